The number of halogens is 2. The fraction of sp³-hybridized carbons (Fsp3) is 0.529. The van der Waals surface area contributed by atoms with E-state index in [-0.39, 0.29) is 24.9 Å². The minimum Gasteiger partial charge on any atom is -0.341 e. The van der Waals surface area contributed by atoms with Crippen molar-refractivity contribution in [3.63, 3.8) is 0 Å². The van der Waals surface area contributed by atoms with Gasteiger partial charge in [-0.2, -0.15) is 0 Å². The molecule has 1 fully saturated rings. The highest BCUT2D eigenvalue weighted by atomic mass is 35.5. The number of carbonyl (C=O) groups excluding carboxylic acids is 2. The maximum absolute atomic E-state index is 12.3. The van der Waals surface area contributed by atoms with Crippen LogP contribution < -0.4 is 5.32 Å². The molecule has 0 radical (unpaired) electrons. The minimum atomic E-state index is -0.198. The van der Waals surface area contributed by atoms with E-state index in [1.807, 2.05) is 4.90 Å². The minimum absolute atomic E-state index is 0.0754. The summed E-state index contributed by atoms with van der Waals surface area (Å²) in [4.78, 5) is 28.0. The van der Waals surface area contributed by atoms with Crippen LogP contribution in [0.2, 0.25) is 10.0 Å². The summed E-state index contributed by atoms with van der Waals surface area (Å²) in [6.45, 7) is 4.15. The van der Waals surface area contributed by atoms with E-state index in [4.69, 9.17) is 23.2 Å². The Morgan fingerprint density at radius 1 is 1.29 bits per heavy atom. The summed E-state index contributed by atoms with van der Waals surface area (Å²) in [5, 5.41) is 3.58. The maximum Gasteiger partial charge on any atom is 0.238 e. The second-order valence-corrected chi connectivity index (χ2v) is 7.25. The van der Waals surface area contributed by atoms with E-state index >= 15 is 0 Å². The van der Waals surface area contributed by atoms with Crippen molar-refractivity contribution < 1.29 is 9.59 Å². The molecule has 0 bridgehead atoms. The lowest BCUT2D eigenvalue weighted by atomic mass is 10.0. The molecule has 2 rings (SSSR count). The molecule has 0 aromatic heterocycles. The van der Waals surface area contributed by atoms with Gasteiger partial charge in [0.2, 0.25) is 11.8 Å². The van der Waals surface area contributed by atoms with Crippen LogP contribution in [0.15, 0.2) is 18.2 Å². The SMILES string of the molecule is C[C@@H]1CCCN(C(=O)CN(C)CC(=O)Nc2ccc(Cl)c(Cl)c2)C1. The van der Waals surface area contributed by atoms with Crippen LogP contribution in [0.5, 0.6) is 0 Å². The lowest BCUT2D eigenvalue weighted by Gasteiger charge is -2.32. The van der Waals surface area contributed by atoms with Gasteiger partial charge in [0, 0.05) is 18.8 Å². The number of carbonyl (C=O) groups is 2. The van der Waals surface area contributed by atoms with Gasteiger partial charge in [0.1, 0.15) is 0 Å². The molecular weight excluding hydrogens is 349 g/mol. The van der Waals surface area contributed by atoms with Gasteiger partial charge in [0.25, 0.3) is 0 Å². The summed E-state index contributed by atoms with van der Waals surface area (Å²) in [5.41, 5.74) is 0.582. The third-order valence-electron chi connectivity index (χ3n) is 4.03. The molecule has 1 N–H and O–H groups in total. The molecule has 2 amide bonds. The molecule has 0 aliphatic carbocycles. The zero-order valence-electron chi connectivity index (χ0n) is 14.0. The van der Waals surface area contributed by atoms with Gasteiger partial charge in [-0.1, -0.05) is 30.1 Å². The first kappa shape index (κ1) is 19.0. The first-order valence-electron chi connectivity index (χ1n) is 8.06. The summed E-state index contributed by atoms with van der Waals surface area (Å²) in [6, 6.07) is 4.92. The first-order chi connectivity index (χ1) is 11.3. The number of rotatable bonds is 5. The molecule has 1 aromatic carbocycles. The van der Waals surface area contributed by atoms with Gasteiger partial charge in [-0.25, -0.2) is 0 Å². The van der Waals surface area contributed by atoms with Crippen molar-refractivity contribution in [3.05, 3.63) is 28.2 Å². The average Bonchev–Trinajstić information content (AvgIpc) is 2.50. The number of piperidine rings is 1. The van der Waals surface area contributed by atoms with Crippen molar-refractivity contribution in [3.8, 4) is 0 Å². The molecule has 132 valence electrons. The quantitative estimate of drug-likeness (QED) is 0.864. The summed E-state index contributed by atoms with van der Waals surface area (Å²) >= 11 is 11.8. The van der Waals surface area contributed by atoms with E-state index in [9.17, 15) is 9.59 Å². The number of anilines is 1. The van der Waals surface area contributed by atoms with E-state index in [2.05, 4.69) is 12.2 Å². The monoisotopic (exact) mass is 371 g/mol. The molecule has 1 aromatic rings. The molecule has 1 heterocycles. The Kier molecular flexibility index (Phi) is 6.90. The van der Waals surface area contributed by atoms with Crippen LogP contribution in [0.4, 0.5) is 5.69 Å². The normalized spacial score (nSPS) is 17.9. The number of nitrogens with one attached hydrogen (secondary N) is 1. The Labute approximate surface area is 152 Å². The largest absolute Gasteiger partial charge is 0.341 e. The van der Waals surface area contributed by atoms with E-state index in [0.29, 0.717) is 21.7 Å². The molecule has 1 aliphatic heterocycles. The topological polar surface area (TPSA) is 52.7 Å². The van der Waals surface area contributed by atoms with Gasteiger partial charge >= 0.3 is 0 Å². The number of likely N-dealkylation sites (tertiary alicyclic amines) is 1. The Bertz CT molecular complexity index is 609. The molecule has 24 heavy (non-hydrogen) atoms. The van der Waals surface area contributed by atoms with Crippen molar-refractivity contribution in [1.82, 2.24) is 9.80 Å². The van der Waals surface area contributed by atoms with E-state index in [1.165, 1.54) is 6.42 Å². The smallest absolute Gasteiger partial charge is 0.238 e. The van der Waals surface area contributed by atoms with Gasteiger partial charge in [-0.3, -0.25) is 14.5 Å². The standard InChI is InChI=1S/C17H23Cl2N3O2/c1-12-4-3-7-22(9-12)17(24)11-21(2)10-16(23)20-13-5-6-14(18)15(19)8-13/h5-6,8,12H,3-4,7,9-11H2,1-2H3,(H,20,23)/t12-/m1/s1. The van der Waals surface area contributed by atoms with Crippen LogP contribution in [-0.2, 0) is 9.59 Å². The second kappa shape index (κ2) is 8.70. The van der Waals surface area contributed by atoms with Crippen molar-refractivity contribution in [2.75, 3.05) is 38.5 Å². The van der Waals surface area contributed by atoms with Gasteiger partial charge in [0.15, 0.2) is 0 Å². The summed E-state index contributed by atoms with van der Waals surface area (Å²) in [6.07, 6.45) is 2.22. The van der Waals surface area contributed by atoms with Crippen LogP contribution in [-0.4, -0.2) is 54.8 Å². The molecular formula is C17H23Cl2N3O2. The van der Waals surface area contributed by atoms with Crippen LogP contribution in [0, 0.1) is 5.92 Å². The molecule has 1 saturated heterocycles. The predicted molar refractivity (Wildman–Crippen MR) is 97.6 cm³/mol. The molecule has 7 heteroatoms. The summed E-state index contributed by atoms with van der Waals surface area (Å²) in [5.74, 6) is 0.424. The van der Waals surface area contributed by atoms with Gasteiger partial charge in [-0.05, 0) is 44.0 Å². The molecule has 1 aliphatic rings. The molecule has 1 atom stereocenters. The number of nitrogens with zero attached hydrogens (tertiary/aromatic N) is 2. The average molecular weight is 372 g/mol. The number of likely N-dealkylation sites (N-methyl/N-ethyl adjacent to an activating group) is 1. The number of hydrogen-bond acceptors (Lipinski definition) is 3. The van der Waals surface area contributed by atoms with Crippen LogP contribution >= 0.6 is 23.2 Å². The van der Waals surface area contributed by atoms with Crippen LogP contribution in [0.25, 0.3) is 0 Å². The van der Waals surface area contributed by atoms with Crippen LogP contribution in [0.1, 0.15) is 19.8 Å². The highest BCUT2D eigenvalue weighted by Gasteiger charge is 2.22. The third-order valence-corrected chi connectivity index (χ3v) is 4.77. The van der Waals surface area contributed by atoms with E-state index < -0.39 is 0 Å². The van der Waals surface area contributed by atoms with Crippen LogP contribution in [0.3, 0.4) is 0 Å². The van der Waals surface area contributed by atoms with Crippen molar-refractivity contribution in [1.29, 1.82) is 0 Å². The molecule has 0 saturated carbocycles. The van der Waals surface area contributed by atoms with E-state index in [0.717, 1.165) is 19.5 Å². The Morgan fingerprint density at radius 3 is 2.71 bits per heavy atom. The fourth-order valence-electron chi connectivity index (χ4n) is 2.82. The Hall–Kier alpha value is -1.30. The van der Waals surface area contributed by atoms with Gasteiger partial charge in [-0.15, -0.1) is 0 Å². The maximum atomic E-state index is 12.3. The molecule has 5 nitrogen and oxygen atoms in total. The zero-order valence-corrected chi connectivity index (χ0v) is 15.5. The van der Waals surface area contributed by atoms with Gasteiger partial charge in [0.05, 0.1) is 23.1 Å². The van der Waals surface area contributed by atoms with Gasteiger partial charge < -0.3 is 10.2 Å². The number of hydrogen-bond donors (Lipinski definition) is 1. The third kappa shape index (κ3) is 5.65. The molecule has 0 spiro atoms. The summed E-state index contributed by atoms with van der Waals surface area (Å²) in [7, 11) is 1.76. The number of amides is 2. The lowest BCUT2D eigenvalue weighted by molar-refractivity contribution is -0.134. The summed E-state index contributed by atoms with van der Waals surface area (Å²) < 4.78 is 0. The predicted octanol–water partition coefficient (Wildman–Crippen LogP) is 3.12. The van der Waals surface area contributed by atoms with Crippen molar-refractivity contribution in [2.24, 2.45) is 5.92 Å². The highest BCUT2D eigenvalue weighted by molar-refractivity contribution is 6.42. The van der Waals surface area contributed by atoms with Crippen molar-refractivity contribution >= 4 is 40.7 Å². The second-order valence-electron chi connectivity index (χ2n) is 6.44. The zero-order chi connectivity index (χ0) is 17.7. The molecule has 0 unspecified atom stereocenters. The number of benzene rings is 1. The first-order valence-corrected chi connectivity index (χ1v) is 8.82. The Morgan fingerprint density at radius 2 is 2.04 bits per heavy atom. The lowest BCUT2D eigenvalue weighted by Crippen LogP contribution is -2.45. The highest BCUT2D eigenvalue weighted by Crippen LogP contribution is 2.24. The van der Waals surface area contributed by atoms with E-state index in [1.54, 1.807) is 30.1 Å². The van der Waals surface area contributed by atoms with Crippen molar-refractivity contribution in [2.45, 2.75) is 19.8 Å². The fourth-order valence-corrected chi connectivity index (χ4v) is 3.12. The Balaban J connectivity index is 1.80.